The Labute approximate surface area is 101 Å². The van der Waals surface area contributed by atoms with Gasteiger partial charge in [0.05, 0.1) is 16.9 Å². The molecule has 0 spiro atoms. The Hall–Kier alpha value is -1.36. The predicted octanol–water partition coefficient (Wildman–Crippen LogP) is 1.83. The van der Waals surface area contributed by atoms with Crippen LogP contribution >= 0.6 is 0 Å². The third kappa shape index (κ3) is 2.34. The highest BCUT2D eigenvalue weighted by Crippen LogP contribution is 2.34. The largest absolute Gasteiger partial charge is 0.487 e. The van der Waals surface area contributed by atoms with Crippen molar-refractivity contribution in [2.24, 2.45) is 0 Å². The lowest BCUT2D eigenvalue weighted by molar-refractivity contribution is 0.0618. The number of hydrogen-bond acceptors (Lipinski definition) is 4. The van der Waals surface area contributed by atoms with Gasteiger partial charge in [0.15, 0.2) is 15.6 Å². The molecular weight excluding hydrogens is 240 g/mol. The SMILES string of the molecule is CC1(C)CC(=O)c2ccc(S(C)(=O)=O)cc2O1. The van der Waals surface area contributed by atoms with E-state index < -0.39 is 15.4 Å². The summed E-state index contributed by atoms with van der Waals surface area (Å²) in [5.41, 5.74) is -0.128. The van der Waals surface area contributed by atoms with Crippen molar-refractivity contribution in [3.63, 3.8) is 0 Å². The summed E-state index contributed by atoms with van der Waals surface area (Å²) < 4.78 is 28.5. The normalized spacial score (nSPS) is 18.4. The van der Waals surface area contributed by atoms with E-state index in [1.54, 1.807) is 13.8 Å². The molecule has 0 aromatic heterocycles. The minimum atomic E-state index is -3.28. The number of rotatable bonds is 1. The van der Waals surface area contributed by atoms with Gasteiger partial charge in [-0.3, -0.25) is 4.79 Å². The number of ether oxygens (including phenoxy) is 1. The van der Waals surface area contributed by atoms with Gasteiger partial charge in [-0.25, -0.2) is 8.42 Å². The van der Waals surface area contributed by atoms with Crippen molar-refractivity contribution < 1.29 is 17.9 Å². The molecule has 0 N–H and O–H groups in total. The topological polar surface area (TPSA) is 60.4 Å². The summed E-state index contributed by atoms with van der Waals surface area (Å²) in [5, 5.41) is 0. The van der Waals surface area contributed by atoms with Crippen molar-refractivity contribution in [2.45, 2.75) is 30.8 Å². The van der Waals surface area contributed by atoms with Gasteiger partial charge in [-0.15, -0.1) is 0 Å². The van der Waals surface area contributed by atoms with Crippen LogP contribution in [0.2, 0.25) is 0 Å². The molecule has 2 rings (SSSR count). The van der Waals surface area contributed by atoms with Gasteiger partial charge >= 0.3 is 0 Å². The summed E-state index contributed by atoms with van der Waals surface area (Å²) in [6.45, 7) is 3.61. The van der Waals surface area contributed by atoms with Crippen LogP contribution in [0.4, 0.5) is 0 Å². The Morgan fingerprint density at radius 2 is 1.94 bits per heavy atom. The second-order valence-corrected chi connectivity index (χ2v) is 6.91. The average Bonchev–Trinajstić information content (AvgIpc) is 2.13. The predicted molar refractivity (Wildman–Crippen MR) is 63.2 cm³/mol. The van der Waals surface area contributed by atoms with Crippen molar-refractivity contribution in [2.75, 3.05) is 6.26 Å². The Morgan fingerprint density at radius 3 is 2.53 bits per heavy atom. The summed E-state index contributed by atoms with van der Waals surface area (Å²) in [6.07, 6.45) is 1.43. The van der Waals surface area contributed by atoms with E-state index in [4.69, 9.17) is 4.74 Å². The van der Waals surface area contributed by atoms with Crippen molar-refractivity contribution in [1.82, 2.24) is 0 Å². The molecule has 0 radical (unpaired) electrons. The van der Waals surface area contributed by atoms with Crippen LogP contribution in [0.5, 0.6) is 5.75 Å². The van der Waals surface area contributed by atoms with Crippen LogP contribution in [0.3, 0.4) is 0 Å². The standard InChI is InChI=1S/C12H14O4S/c1-12(2)7-10(13)9-5-4-8(17(3,14)15)6-11(9)16-12/h4-6H,7H2,1-3H3. The third-order valence-electron chi connectivity index (χ3n) is 2.65. The zero-order chi connectivity index (χ0) is 12.8. The smallest absolute Gasteiger partial charge is 0.175 e. The summed E-state index contributed by atoms with van der Waals surface area (Å²) in [7, 11) is -3.28. The van der Waals surface area contributed by atoms with Gasteiger partial charge in [0.2, 0.25) is 0 Å². The Kier molecular flexibility index (Phi) is 2.54. The van der Waals surface area contributed by atoms with Gasteiger partial charge < -0.3 is 4.74 Å². The van der Waals surface area contributed by atoms with Gasteiger partial charge in [-0.05, 0) is 32.0 Å². The highest BCUT2D eigenvalue weighted by Gasteiger charge is 2.32. The van der Waals surface area contributed by atoms with Crippen LogP contribution in [-0.4, -0.2) is 26.1 Å². The Bertz CT molecular complexity index is 585. The van der Waals surface area contributed by atoms with Gasteiger partial charge in [-0.2, -0.15) is 0 Å². The fraction of sp³-hybridized carbons (Fsp3) is 0.417. The molecule has 0 fully saturated rings. The number of ketones is 1. The second-order valence-electron chi connectivity index (χ2n) is 4.89. The Balaban J connectivity index is 2.57. The van der Waals surface area contributed by atoms with Gasteiger partial charge in [0.1, 0.15) is 11.4 Å². The first-order valence-corrected chi connectivity index (χ1v) is 7.14. The fourth-order valence-electron chi connectivity index (χ4n) is 1.86. The minimum absolute atomic E-state index is 0.0173. The summed E-state index contributed by atoms with van der Waals surface area (Å²) in [5.74, 6) is 0.338. The van der Waals surface area contributed by atoms with E-state index in [2.05, 4.69) is 0 Å². The number of Topliss-reactive ketones (excluding diaryl/α,β-unsaturated/α-hetero) is 1. The molecule has 17 heavy (non-hydrogen) atoms. The number of carbonyl (C=O) groups excluding carboxylic acids is 1. The Morgan fingerprint density at radius 1 is 1.29 bits per heavy atom. The first-order valence-electron chi connectivity index (χ1n) is 5.25. The fourth-order valence-corrected chi connectivity index (χ4v) is 2.50. The molecule has 0 saturated carbocycles. The zero-order valence-electron chi connectivity index (χ0n) is 9.98. The second kappa shape index (κ2) is 3.57. The maximum absolute atomic E-state index is 11.8. The highest BCUT2D eigenvalue weighted by atomic mass is 32.2. The molecule has 0 bridgehead atoms. The van der Waals surface area contributed by atoms with E-state index in [9.17, 15) is 13.2 Å². The molecule has 0 atom stereocenters. The molecule has 92 valence electrons. The summed E-state index contributed by atoms with van der Waals surface area (Å²) >= 11 is 0. The number of carbonyl (C=O) groups is 1. The molecule has 1 aromatic carbocycles. The summed E-state index contributed by atoms with van der Waals surface area (Å²) in [6, 6.07) is 4.38. The minimum Gasteiger partial charge on any atom is -0.487 e. The van der Waals surface area contributed by atoms with E-state index in [1.807, 2.05) is 0 Å². The molecule has 4 nitrogen and oxygen atoms in total. The maximum atomic E-state index is 11.8. The maximum Gasteiger partial charge on any atom is 0.175 e. The van der Waals surface area contributed by atoms with Crippen molar-refractivity contribution in [3.8, 4) is 5.75 Å². The molecule has 1 aromatic rings. The van der Waals surface area contributed by atoms with Gasteiger partial charge in [-0.1, -0.05) is 0 Å². The third-order valence-corrected chi connectivity index (χ3v) is 3.76. The van der Waals surface area contributed by atoms with Gasteiger partial charge in [0, 0.05) is 6.26 Å². The first-order chi connectivity index (χ1) is 7.69. The number of hydrogen-bond donors (Lipinski definition) is 0. The number of sulfone groups is 1. The molecule has 0 aliphatic carbocycles. The van der Waals surface area contributed by atoms with E-state index in [0.717, 1.165) is 6.26 Å². The molecule has 0 unspecified atom stereocenters. The zero-order valence-corrected chi connectivity index (χ0v) is 10.8. The molecule has 1 aliphatic rings. The van der Waals surface area contributed by atoms with E-state index in [1.165, 1.54) is 18.2 Å². The van der Waals surface area contributed by atoms with Crippen LogP contribution in [0.15, 0.2) is 23.1 Å². The number of benzene rings is 1. The lowest BCUT2D eigenvalue weighted by Gasteiger charge is -2.31. The van der Waals surface area contributed by atoms with Gasteiger partial charge in [0.25, 0.3) is 0 Å². The lowest BCUT2D eigenvalue weighted by atomic mass is 9.93. The molecule has 1 heterocycles. The van der Waals surface area contributed by atoms with E-state index >= 15 is 0 Å². The van der Waals surface area contributed by atoms with Crippen molar-refractivity contribution in [1.29, 1.82) is 0 Å². The first kappa shape index (κ1) is 12.1. The highest BCUT2D eigenvalue weighted by molar-refractivity contribution is 7.90. The van der Waals surface area contributed by atoms with Crippen molar-refractivity contribution in [3.05, 3.63) is 23.8 Å². The molecule has 0 amide bonds. The van der Waals surface area contributed by atoms with Crippen LogP contribution in [0, 0.1) is 0 Å². The molecule has 0 saturated heterocycles. The monoisotopic (exact) mass is 254 g/mol. The van der Waals surface area contributed by atoms with Crippen LogP contribution in [-0.2, 0) is 9.84 Å². The molecular formula is C12H14O4S. The van der Waals surface area contributed by atoms with Crippen LogP contribution in [0.1, 0.15) is 30.6 Å². The van der Waals surface area contributed by atoms with Crippen molar-refractivity contribution >= 4 is 15.6 Å². The quantitative estimate of drug-likeness (QED) is 0.767. The number of fused-ring (bicyclic) bond motifs is 1. The average molecular weight is 254 g/mol. The molecule has 1 aliphatic heterocycles. The van der Waals surface area contributed by atoms with Crippen LogP contribution < -0.4 is 4.74 Å². The van der Waals surface area contributed by atoms with Crippen LogP contribution in [0.25, 0.3) is 0 Å². The molecule has 5 heteroatoms. The van der Waals surface area contributed by atoms with E-state index in [0.29, 0.717) is 17.7 Å². The van der Waals surface area contributed by atoms with E-state index in [-0.39, 0.29) is 10.7 Å². The summed E-state index contributed by atoms with van der Waals surface area (Å²) in [4.78, 5) is 12.0. The lowest BCUT2D eigenvalue weighted by Crippen LogP contribution is -2.35.